The zero-order chi connectivity index (χ0) is 9.07. The highest BCUT2D eigenvalue weighted by Gasteiger charge is 2.32. The highest BCUT2D eigenvalue weighted by molar-refractivity contribution is 6.81. The van der Waals surface area contributed by atoms with Crippen LogP contribution in [0.3, 0.4) is 0 Å². The molecule has 0 aliphatic rings. The molecule has 0 saturated heterocycles. The minimum Gasteiger partial charge on any atom is -0.0688 e. The Balaban J connectivity index is 4.26. The summed E-state index contributed by atoms with van der Waals surface area (Å²) in [5.41, 5.74) is 1.89. The van der Waals surface area contributed by atoms with Gasteiger partial charge in [-0.05, 0) is 0 Å². The van der Waals surface area contributed by atoms with E-state index in [2.05, 4.69) is 41.2 Å². The zero-order valence-electron chi connectivity index (χ0n) is 9.07. The molecule has 11 heavy (non-hydrogen) atoms. The Morgan fingerprint density at radius 2 is 1.36 bits per heavy atom. The summed E-state index contributed by atoms with van der Waals surface area (Å²) in [5, 5.41) is 0. The van der Waals surface area contributed by atoms with Gasteiger partial charge in [0, 0.05) is 0 Å². The van der Waals surface area contributed by atoms with Crippen molar-refractivity contribution in [1.82, 2.24) is 0 Å². The van der Waals surface area contributed by atoms with Crippen molar-refractivity contribution in [3.05, 3.63) is 0 Å². The van der Waals surface area contributed by atoms with Crippen molar-refractivity contribution in [1.29, 1.82) is 0 Å². The fourth-order valence-corrected chi connectivity index (χ4v) is 5.35. The van der Waals surface area contributed by atoms with Crippen LogP contribution in [0.15, 0.2) is 0 Å². The molecule has 0 nitrogen and oxygen atoms in total. The Labute approximate surface area is 73.4 Å². The Hall–Kier alpha value is 0.217. The number of hydrogen-bond acceptors (Lipinski definition) is 0. The molecule has 0 amide bonds. The predicted octanol–water partition coefficient (Wildman–Crippen LogP) is 4.30. The third-order valence-electron chi connectivity index (χ3n) is 3.43. The molecule has 0 fully saturated rings. The summed E-state index contributed by atoms with van der Waals surface area (Å²) >= 11 is 0. The summed E-state index contributed by atoms with van der Waals surface area (Å²) in [4.78, 5) is 0. The van der Waals surface area contributed by atoms with Crippen LogP contribution in [0, 0.1) is 0 Å². The van der Waals surface area contributed by atoms with Crippen molar-refractivity contribution in [2.45, 2.75) is 64.7 Å². The van der Waals surface area contributed by atoms with Crippen LogP contribution in [0.4, 0.5) is 0 Å². The molecule has 0 aromatic rings. The van der Waals surface area contributed by atoms with Crippen LogP contribution in [0.2, 0.25) is 23.7 Å². The molecule has 0 radical (unpaired) electrons. The van der Waals surface area contributed by atoms with Gasteiger partial charge in [0.05, 0.1) is 8.07 Å². The quantitative estimate of drug-likeness (QED) is 0.555. The van der Waals surface area contributed by atoms with E-state index in [0.717, 1.165) is 11.1 Å². The van der Waals surface area contributed by atoms with E-state index < -0.39 is 8.07 Å². The fourth-order valence-electron chi connectivity index (χ4n) is 1.78. The van der Waals surface area contributed by atoms with Crippen LogP contribution < -0.4 is 0 Å². The molecule has 0 bridgehead atoms. The van der Waals surface area contributed by atoms with Gasteiger partial charge in [0.1, 0.15) is 0 Å². The summed E-state index contributed by atoms with van der Waals surface area (Å²) < 4.78 is 0. The molecule has 0 atom stereocenters. The lowest BCUT2D eigenvalue weighted by Crippen LogP contribution is -2.36. The summed E-state index contributed by atoms with van der Waals surface area (Å²) in [6.45, 7) is 14.5. The van der Waals surface area contributed by atoms with Gasteiger partial charge in [-0.3, -0.25) is 0 Å². The van der Waals surface area contributed by atoms with Crippen molar-refractivity contribution in [3.8, 4) is 0 Å². The van der Waals surface area contributed by atoms with E-state index in [1.54, 1.807) is 0 Å². The lowest BCUT2D eigenvalue weighted by atomic mass is 10.5. The van der Waals surface area contributed by atoms with E-state index in [-0.39, 0.29) is 0 Å². The van der Waals surface area contributed by atoms with Crippen LogP contribution in [0.25, 0.3) is 0 Å². The first-order chi connectivity index (χ1) is 4.95. The number of rotatable bonds is 4. The van der Waals surface area contributed by atoms with E-state index >= 15 is 0 Å². The van der Waals surface area contributed by atoms with Crippen molar-refractivity contribution in [2.75, 3.05) is 0 Å². The second kappa shape index (κ2) is 4.29. The largest absolute Gasteiger partial charge is 0.0688 e. The molecule has 0 heterocycles. The van der Waals surface area contributed by atoms with Gasteiger partial charge in [-0.25, -0.2) is 0 Å². The average molecular weight is 172 g/mol. The Morgan fingerprint density at radius 3 is 1.45 bits per heavy atom. The molecule has 0 aromatic heterocycles. The van der Waals surface area contributed by atoms with E-state index in [9.17, 15) is 0 Å². The van der Waals surface area contributed by atoms with E-state index in [0.29, 0.717) is 0 Å². The van der Waals surface area contributed by atoms with Crippen LogP contribution >= 0.6 is 0 Å². The highest BCUT2D eigenvalue weighted by Crippen LogP contribution is 2.36. The molecule has 1 heteroatoms. The molecule has 0 aliphatic carbocycles. The van der Waals surface area contributed by atoms with Crippen molar-refractivity contribution >= 4 is 8.07 Å². The average Bonchev–Trinajstić information content (AvgIpc) is 1.87. The van der Waals surface area contributed by atoms with Gasteiger partial charge in [-0.15, -0.1) is 0 Å². The lowest BCUT2D eigenvalue weighted by molar-refractivity contribution is 0.857. The lowest BCUT2D eigenvalue weighted by Gasteiger charge is -2.35. The monoisotopic (exact) mass is 172 g/mol. The zero-order valence-corrected chi connectivity index (χ0v) is 10.1. The van der Waals surface area contributed by atoms with Gasteiger partial charge in [-0.1, -0.05) is 64.7 Å². The van der Waals surface area contributed by atoms with Gasteiger partial charge >= 0.3 is 0 Å². The Kier molecular flexibility index (Phi) is 4.38. The standard InChI is InChI=1S/C10H24Si/c1-7-8-11(6,9(2)3)10(4)5/h9-10H,7-8H2,1-6H3. The van der Waals surface area contributed by atoms with Gasteiger partial charge in [0.25, 0.3) is 0 Å². The molecular formula is C10H24Si. The Bertz CT molecular complexity index is 97.4. The number of hydrogen-bond donors (Lipinski definition) is 0. The molecule has 68 valence electrons. The molecule has 0 spiro atoms. The summed E-state index contributed by atoms with van der Waals surface area (Å²) in [7, 11) is -0.904. The maximum atomic E-state index is 2.56. The molecule has 0 saturated carbocycles. The second-order valence-electron chi connectivity index (χ2n) is 4.57. The first-order valence-corrected chi connectivity index (χ1v) is 7.81. The third-order valence-corrected chi connectivity index (χ3v) is 10.3. The molecule has 0 N–H and O–H groups in total. The maximum absolute atomic E-state index is 2.56. The van der Waals surface area contributed by atoms with Crippen molar-refractivity contribution < 1.29 is 0 Å². The van der Waals surface area contributed by atoms with Crippen LogP contribution in [-0.2, 0) is 0 Å². The Morgan fingerprint density at radius 1 is 1.00 bits per heavy atom. The first kappa shape index (κ1) is 11.2. The van der Waals surface area contributed by atoms with E-state index in [1.807, 2.05) is 0 Å². The molecule has 0 aliphatic heterocycles. The normalized spacial score (nSPS) is 13.1. The van der Waals surface area contributed by atoms with Gasteiger partial charge < -0.3 is 0 Å². The minimum absolute atomic E-state index is 0.904. The van der Waals surface area contributed by atoms with Crippen LogP contribution in [-0.4, -0.2) is 8.07 Å². The first-order valence-electron chi connectivity index (χ1n) is 4.95. The summed E-state index contributed by atoms with van der Waals surface area (Å²) in [5.74, 6) is 0. The van der Waals surface area contributed by atoms with E-state index in [1.165, 1.54) is 12.5 Å². The van der Waals surface area contributed by atoms with Crippen LogP contribution in [0.5, 0.6) is 0 Å². The predicted molar refractivity (Wildman–Crippen MR) is 56.9 cm³/mol. The van der Waals surface area contributed by atoms with Crippen molar-refractivity contribution in [2.24, 2.45) is 0 Å². The molecule has 0 unspecified atom stereocenters. The second-order valence-corrected chi connectivity index (χ2v) is 10.4. The summed E-state index contributed by atoms with van der Waals surface area (Å²) in [6.07, 6.45) is 1.37. The highest BCUT2D eigenvalue weighted by atomic mass is 28.3. The topological polar surface area (TPSA) is 0 Å². The minimum atomic E-state index is -0.904. The van der Waals surface area contributed by atoms with Gasteiger partial charge in [0.2, 0.25) is 0 Å². The fraction of sp³-hybridized carbons (Fsp3) is 1.00. The third kappa shape index (κ3) is 2.62. The van der Waals surface area contributed by atoms with Gasteiger partial charge in [0.15, 0.2) is 0 Å². The summed E-state index contributed by atoms with van der Waals surface area (Å²) in [6, 6.07) is 1.50. The molecular weight excluding hydrogens is 148 g/mol. The molecule has 0 rings (SSSR count). The maximum Gasteiger partial charge on any atom is 0.0556 e. The van der Waals surface area contributed by atoms with E-state index in [4.69, 9.17) is 0 Å². The molecule has 0 aromatic carbocycles. The SMILES string of the molecule is CCC[Si](C)(C(C)C)C(C)C. The van der Waals surface area contributed by atoms with Crippen LogP contribution in [0.1, 0.15) is 41.0 Å². The van der Waals surface area contributed by atoms with Gasteiger partial charge in [-0.2, -0.15) is 0 Å². The van der Waals surface area contributed by atoms with Crippen molar-refractivity contribution in [3.63, 3.8) is 0 Å². The smallest absolute Gasteiger partial charge is 0.0556 e.